The molecule has 0 aromatic heterocycles. The normalized spacial score (nSPS) is 16.6. The van der Waals surface area contributed by atoms with Crippen LogP contribution >= 0.6 is 0 Å². The highest BCUT2D eigenvalue weighted by Crippen LogP contribution is 2.37. The molecule has 0 saturated carbocycles. The van der Waals surface area contributed by atoms with E-state index in [0.717, 1.165) is 0 Å². The van der Waals surface area contributed by atoms with Crippen LogP contribution in [-0.2, 0) is 14.8 Å². The van der Waals surface area contributed by atoms with Gasteiger partial charge in [0, 0.05) is 24.6 Å². The van der Waals surface area contributed by atoms with Crippen LogP contribution in [0, 0.1) is 6.92 Å². The maximum atomic E-state index is 13.0. The van der Waals surface area contributed by atoms with Crippen molar-refractivity contribution in [3.8, 4) is 11.5 Å². The van der Waals surface area contributed by atoms with E-state index in [1.807, 2.05) is 0 Å². The standard InChI is InChI=1S/C21H21F5N2O5S/c1-12-3-5-18(33-20(22)23)16(9-12)27-34(30,31)14-4-6-17(32-2)15(10-14)13-7-8-28(11-13)19(29)21(24,25)26/h3-6,9-10,13,20,27H,7-8,11H2,1-2H3. The summed E-state index contributed by atoms with van der Waals surface area (Å²) in [5.74, 6) is -2.71. The number of halogens is 5. The molecule has 186 valence electrons. The number of methoxy groups -OCH3 is 1. The molecule has 1 N–H and O–H groups in total. The van der Waals surface area contributed by atoms with Gasteiger partial charge in [0.1, 0.15) is 11.5 Å². The highest BCUT2D eigenvalue weighted by Gasteiger charge is 2.45. The zero-order valence-electron chi connectivity index (χ0n) is 18.0. The lowest BCUT2D eigenvalue weighted by Crippen LogP contribution is -2.39. The molecule has 0 bridgehead atoms. The molecule has 3 rings (SSSR count). The minimum Gasteiger partial charge on any atom is -0.496 e. The first-order valence-electron chi connectivity index (χ1n) is 9.94. The van der Waals surface area contributed by atoms with Gasteiger partial charge in [-0.15, -0.1) is 0 Å². The van der Waals surface area contributed by atoms with Crippen LogP contribution in [0.15, 0.2) is 41.3 Å². The van der Waals surface area contributed by atoms with Crippen molar-refractivity contribution in [2.24, 2.45) is 0 Å². The third-order valence-electron chi connectivity index (χ3n) is 5.26. The molecule has 7 nitrogen and oxygen atoms in total. The van der Waals surface area contributed by atoms with Gasteiger partial charge < -0.3 is 14.4 Å². The molecule has 0 aliphatic carbocycles. The fourth-order valence-corrected chi connectivity index (χ4v) is 4.80. The summed E-state index contributed by atoms with van der Waals surface area (Å²) in [6, 6.07) is 7.76. The maximum absolute atomic E-state index is 13.0. The smallest absolute Gasteiger partial charge is 0.471 e. The molecule has 0 radical (unpaired) electrons. The molecule has 13 heteroatoms. The number of carbonyl (C=O) groups excluding carboxylic acids is 1. The Morgan fingerprint density at radius 2 is 1.82 bits per heavy atom. The number of rotatable bonds is 7. The average molecular weight is 508 g/mol. The van der Waals surface area contributed by atoms with Crippen LogP contribution < -0.4 is 14.2 Å². The lowest BCUT2D eigenvalue weighted by atomic mass is 9.97. The predicted molar refractivity (Wildman–Crippen MR) is 112 cm³/mol. The zero-order valence-corrected chi connectivity index (χ0v) is 18.8. The third kappa shape index (κ3) is 5.69. The van der Waals surface area contributed by atoms with Crippen LogP contribution in [0.2, 0.25) is 0 Å². The second kappa shape index (κ2) is 9.65. The summed E-state index contributed by atoms with van der Waals surface area (Å²) in [6.07, 6.45) is -4.85. The Balaban J connectivity index is 1.91. The molecule has 34 heavy (non-hydrogen) atoms. The molecule has 2 aromatic carbocycles. The molecule has 1 heterocycles. The highest BCUT2D eigenvalue weighted by atomic mass is 32.2. The van der Waals surface area contributed by atoms with Crippen molar-refractivity contribution in [3.63, 3.8) is 0 Å². The summed E-state index contributed by atoms with van der Waals surface area (Å²) in [6.45, 7) is -1.97. The number of ether oxygens (including phenoxy) is 2. The van der Waals surface area contributed by atoms with Crippen LogP contribution in [0.4, 0.5) is 27.6 Å². The molecule has 1 aliphatic rings. The van der Waals surface area contributed by atoms with Crippen molar-refractivity contribution in [3.05, 3.63) is 47.5 Å². The summed E-state index contributed by atoms with van der Waals surface area (Å²) in [5, 5.41) is 0. The van der Waals surface area contributed by atoms with Crippen LogP contribution in [-0.4, -0.2) is 52.2 Å². The largest absolute Gasteiger partial charge is 0.496 e. The minimum atomic E-state index is -5.01. The van der Waals surface area contributed by atoms with E-state index >= 15 is 0 Å². The fourth-order valence-electron chi connectivity index (χ4n) is 3.70. The minimum absolute atomic E-state index is 0.154. The van der Waals surface area contributed by atoms with Crippen LogP contribution in [0.1, 0.15) is 23.5 Å². The molecule has 2 aromatic rings. The van der Waals surface area contributed by atoms with E-state index in [2.05, 4.69) is 9.46 Å². The number of hydrogen-bond acceptors (Lipinski definition) is 5. The molecule has 1 fully saturated rings. The van der Waals surface area contributed by atoms with Gasteiger partial charge in [0.05, 0.1) is 17.7 Å². The number of alkyl halides is 5. The molecule has 0 spiro atoms. The van der Waals surface area contributed by atoms with Gasteiger partial charge in [0.2, 0.25) is 0 Å². The first-order valence-corrected chi connectivity index (χ1v) is 11.4. The van der Waals surface area contributed by atoms with Gasteiger partial charge in [0.25, 0.3) is 10.0 Å². The highest BCUT2D eigenvalue weighted by molar-refractivity contribution is 7.92. The van der Waals surface area contributed by atoms with Crippen molar-refractivity contribution in [2.75, 3.05) is 24.9 Å². The lowest BCUT2D eigenvalue weighted by molar-refractivity contribution is -0.184. The number of nitrogens with zero attached hydrogens (tertiary/aromatic N) is 1. The predicted octanol–water partition coefficient (Wildman–Crippen LogP) is 4.28. The number of aryl methyl sites for hydroxylation is 1. The third-order valence-corrected chi connectivity index (χ3v) is 6.63. The number of amides is 1. The van der Waals surface area contributed by atoms with Gasteiger partial charge in [-0.2, -0.15) is 22.0 Å². The van der Waals surface area contributed by atoms with Crippen LogP contribution in [0.5, 0.6) is 11.5 Å². The van der Waals surface area contributed by atoms with Crippen LogP contribution in [0.3, 0.4) is 0 Å². The molecule has 1 atom stereocenters. The average Bonchev–Trinajstić information content (AvgIpc) is 3.23. The quantitative estimate of drug-likeness (QED) is 0.565. The van der Waals surface area contributed by atoms with E-state index in [1.165, 1.54) is 43.5 Å². The lowest BCUT2D eigenvalue weighted by Gasteiger charge is -2.20. The van der Waals surface area contributed by atoms with Gasteiger partial charge in [-0.25, -0.2) is 8.42 Å². The Kier molecular flexibility index (Phi) is 7.24. The summed E-state index contributed by atoms with van der Waals surface area (Å²) in [7, 11) is -2.99. The molecule has 1 unspecified atom stereocenters. The Morgan fingerprint density at radius 1 is 1.15 bits per heavy atom. The number of benzene rings is 2. The number of sulfonamides is 1. The second-order valence-corrected chi connectivity index (χ2v) is 9.30. The number of nitrogens with one attached hydrogen (secondary N) is 1. The van der Waals surface area contributed by atoms with E-state index in [0.29, 0.717) is 16.0 Å². The van der Waals surface area contributed by atoms with Crippen molar-refractivity contribution < 1.29 is 44.6 Å². The summed E-state index contributed by atoms with van der Waals surface area (Å²) in [5.41, 5.74) is 0.673. The Bertz CT molecular complexity index is 1170. The van der Waals surface area contributed by atoms with Gasteiger partial charge in [-0.3, -0.25) is 9.52 Å². The fraction of sp³-hybridized carbons (Fsp3) is 0.381. The summed E-state index contributed by atoms with van der Waals surface area (Å²) >= 11 is 0. The second-order valence-electron chi connectivity index (χ2n) is 7.62. The number of hydrogen-bond donors (Lipinski definition) is 1. The van der Waals surface area contributed by atoms with Crippen LogP contribution in [0.25, 0.3) is 0 Å². The molecule has 1 amide bonds. The van der Waals surface area contributed by atoms with Crippen molar-refractivity contribution in [1.82, 2.24) is 4.90 Å². The molecule has 1 aliphatic heterocycles. The van der Waals surface area contributed by atoms with Gasteiger partial charge >= 0.3 is 18.7 Å². The van der Waals surface area contributed by atoms with Crippen molar-refractivity contribution in [2.45, 2.75) is 36.9 Å². The monoisotopic (exact) mass is 508 g/mol. The first kappa shape index (κ1) is 25.5. The topological polar surface area (TPSA) is 84.9 Å². The first-order chi connectivity index (χ1) is 15.8. The van der Waals surface area contributed by atoms with Crippen molar-refractivity contribution in [1.29, 1.82) is 0 Å². The summed E-state index contributed by atoms with van der Waals surface area (Å²) in [4.78, 5) is 11.9. The number of likely N-dealkylation sites (tertiary alicyclic amines) is 1. The van der Waals surface area contributed by atoms with E-state index in [9.17, 15) is 35.2 Å². The van der Waals surface area contributed by atoms with Crippen molar-refractivity contribution >= 4 is 21.6 Å². The van der Waals surface area contributed by atoms with E-state index < -0.39 is 34.6 Å². The molecular formula is C21H21F5N2O5S. The van der Waals surface area contributed by atoms with E-state index in [-0.39, 0.29) is 41.6 Å². The maximum Gasteiger partial charge on any atom is 0.471 e. The Labute approximate surface area is 192 Å². The SMILES string of the molecule is COc1ccc(S(=O)(=O)Nc2cc(C)ccc2OC(F)F)cc1C1CCN(C(=O)C(F)(F)F)C1. The Morgan fingerprint density at radius 3 is 2.44 bits per heavy atom. The van der Waals surface area contributed by atoms with Gasteiger partial charge in [-0.05, 0) is 49.2 Å². The van der Waals surface area contributed by atoms with E-state index in [4.69, 9.17) is 4.74 Å². The number of anilines is 1. The number of carbonyl (C=O) groups is 1. The van der Waals surface area contributed by atoms with E-state index in [1.54, 1.807) is 6.92 Å². The Hall–Kier alpha value is -3.09. The van der Waals surface area contributed by atoms with Gasteiger partial charge in [0.15, 0.2) is 0 Å². The molecular weight excluding hydrogens is 487 g/mol. The molecule has 1 saturated heterocycles. The zero-order chi connectivity index (χ0) is 25.3. The van der Waals surface area contributed by atoms with Gasteiger partial charge in [-0.1, -0.05) is 6.07 Å². The summed E-state index contributed by atoms with van der Waals surface area (Å²) < 4.78 is 102.